The standard InChI is InChI=1S/C15H13FOS/c1-2-13-7-9-15(18-13)14(17)8-6-11-4-3-5-12(16)10-11/h3-10H,2H2,1H3/b8-6+. The maximum Gasteiger partial charge on any atom is 0.195 e. The van der Waals surface area contributed by atoms with Crippen LogP contribution in [0.1, 0.15) is 27.0 Å². The van der Waals surface area contributed by atoms with Crippen LogP contribution in [0.4, 0.5) is 4.39 Å². The lowest BCUT2D eigenvalue weighted by Gasteiger charge is -1.93. The molecule has 0 saturated heterocycles. The molecule has 0 radical (unpaired) electrons. The molecule has 0 aliphatic carbocycles. The van der Waals surface area contributed by atoms with E-state index in [0.29, 0.717) is 5.56 Å². The molecule has 0 saturated carbocycles. The van der Waals surface area contributed by atoms with Gasteiger partial charge in [-0.2, -0.15) is 0 Å². The second kappa shape index (κ2) is 5.74. The number of halogens is 1. The van der Waals surface area contributed by atoms with Gasteiger partial charge in [-0.1, -0.05) is 25.1 Å². The Morgan fingerprint density at radius 1 is 1.33 bits per heavy atom. The Balaban J connectivity index is 2.11. The van der Waals surface area contributed by atoms with Crippen LogP contribution in [-0.4, -0.2) is 5.78 Å². The van der Waals surface area contributed by atoms with Gasteiger partial charge in [-0.05, 0) is 42.3 Å². The molecule has 1 nitrogen and oxygen atoms in total. The number of rotatable bonds is 4. The third-order valence-electron chi connectivity index (χ3n) is 2.53. The van der Waals surface area contributed by atoms with Gasteiger partial charge in [0.05, 0.1) is 4.88 Å². The zero-order valence-corrected chi connectivity index (χ0v) is 10.8. The highest BCUT2D eigenvalue weighted by atomic mass is 32.1. The van der Waals surface area contributed by atoms with E-state index in [-0.39, 0.29) is 11.6 Å². The summed E-state index contributed by atoms with van der Waals surface area (Å²) >= 11 is 1.50. The molecule has 0 aliphatic heterocycles. The Labute approximate surface area is 110 Å². The highest BCUT2D eigenvalue weighted by Crippen LogP contribution is 2.18. The summed E-state index contributed by atoms with van der Waals surface area (Å²) < 4.78 is 12.9. The average molecular weight is 260 g/mol. The molecule has 0 bridgehead atoms. The van der Waals surface area contributed by atoms with Crippen molar-refractivity contribution in [3.05, 3.63) is 63.6 Å². The molecule has 1 aromatic heterocycles. The maximum absolute atomic E-state index is 12.9. The number of allylic oxidation sites excluding steroid dienone is 1. The number of aryl methyl sites for hydroxylation is 1. The minimum atomic E-state index is -0.297. The molecule has 1 aromatic carbocycles. The fourth-order valence-electron chi connectivity index (χ4n) is 1.56. The lowest BCUT2D eigenvalue weighted by Crippen LogP contribution is -1.88. The van der Waals surface area contributed by atoms with E-state index in [1.165, 1.54) is 34.4 Å². The molecule has 0 spiro atoms. The summed E-state index contributed by atoms with van der Waals surface area (Å²) in [6.07, 6.45) is 4.06. The molecular formula is C15H13FOS. The van der Waals surface area contributed by atoms with Crippen molar-refractivity contribution >= 4 is 23.2 Å². The van der Waals surface area contributed by atoms with Gasteiger partial charge in [0.15, 0.2) is 5.78 Å². The van der Waals surface area contributed by atoms with Crippen LogP contribution in [0.2, 0.25) is 0 Å². The van der Waals surface area contributed by atoms with Gasteiger partial charge in [0, 0.05) is 4.88 Å². The SMILES string of the molecule is CCc1ccc(C(=O)/C=C/c2cccc(F)c2)s1. The number of hydrogen-bond acceptors (Lipinski definition) is 2. The topological polar surface area (TPSA) is 17.1 Å². The van der Waals surface area contributed by atoms with Gasteiger partial charge in [-0.3, -0.25) is 4.79 Å². The van der Waals surface area contributed by atoms with Crippen molar-refractivity contribution in [3.63, 3.8) is 0 Å². The number of ketones is 1. The Morgan fingerprint density at radius 2 is 2.17 bits per heavy atom. The molecule has 2 rings (SSSR count). The summed E-state index contributed by atoms with van der Waals surface area (Å²) in [5.41, 5.74) is 0.690. The minimum absolute atomic E-state index is 0.0380. The van der Waals surface area contributed by atoms with Crippen LogP contribution in [0, 0.1) is 5.82 Å². The predicted molar refractivity (Wildman–Crippen MR) is 73.5 cm³/mol. The number of carbonyl (C=O) groups is 1. The molecule has 0 amide bonds. The van der Waals surface area contributed by atoms with Crippen molar-refractivity contribution in [2.75, 3.05) is 0 Å². The summed E-state index contributed by atoms with van der Waals surface area (Å²) in [6, 6.07) is 9.97. The second-order valence-corrected chi connectivity index (χ2v) is 5.04. The maximum atomic E-state index is 12.9. The predicted octanol–water partition coefficient (Wildman–Crippen LogP) is 4.35. The van der Waals surface area contributed by atoms with Gasteiger partial charge >= 0.3 is 0 Å². The van der Waals surface area contributed by atoms with Crippen LogP contribution in [-0.2, 0) is 6.42 Å². The van der Waals surface area contributed by atoms with Crippen molar-refractivity contribution in [1.29, 1.82) is 0 Å². The quantitative estimate of drug-likeness (QED) is 0.590. The number of carbonyl (C=O) groups excluding carboxylic acids is 1. The summed E-state index contributed by atoms with van der Waals surface area (Å²) in [4.78, 5) is 13.8. The highest BCUT2D eigenvalue weighted by molar-refractivity contribution is 7.14. The Bertz CT molecular complexity index is 584. The molecule has 92 valence electrons. The Hall–Kier alpha value is -1.74. The molecule has 0 unspecified atom stereocenters. The van der Waals surface area contributed by atoms with E-state index in [9.17, 15) is 9.18 Å². The normalized spacial score (nSPS) is 11.0. The van der Waals surface area contributed by atoms with E-state index >= 15 is 0 Å². The van der Waals surface area contributed by atoms with Crippen molar-refractivity contribution in [3.8, 4) is 0 Å². The van der Waals surface area contributed by atoms with Gasteiger partial charge < -0.3 is 0 Å². The van der Waals surface area contributed by atoms with E-state index in [1.54, 1.807) is 18.2 Å². The first kappa shape index (κ1) is 12.7. The summed E-state index contributed by atoms with van der Waals surface area (Å²) in [5, 5.41) is 0. The van der Waals surface area contributed by atoms with E-state index in [2.05, 4.69) is 6.92 Å². The van der Waals surface area contributed by atoms with E-state index < -0.39 is 0 Å². The van der Waals surface area contributed by atoms with Gasteiger partial charge in [-0.15, -0.1) is 11.3 Å². The fraction of sp³-hybridized carbons (Fsp3) is 0.133. The molecule has 0 fully saturated rings. The Kier molecular flexibility index (Phi) is 4.05. The van der Waals surface area contributed by atoms with Crippen LogP contribution >= 0.6 is 11.3 Å². The molecule has 3 heteroatoms. The first-order valence-electron chi connectivity index (χ1n) is 5.75. The van der Waals surface area contributed by atoms with E-state index in [1.807, 2.05) is 12.1 Å². The van der Waals surface area contributed by atoms with Gasteiger partial charge in [0.2, 0.25) is 0 Å². The van der Waals surface area contributed by atoms with E-state index in [0.717, 1.165) is 11.3 Å². The lowest BCUT2D eigenvalue weighted by atomic mass is 10.2. The number of benzene rings is 1. The monoisotopic (exact) mass is 260 g/mol. The van der Waals surface area contributed by atoms with Crippen LogP contribution in [0.25, 0.3) is 6.08 Å². The van der Waals surface area contributed by atoms with Crippen molar-refractivity contribution < 1.29 is 9.18 Å². The molecule has 2 aromatic rings. The van der Waals surface area contributed by atoms with Gasteiger partial charge in [0.1, 0.15) is 5.82 Å². The molecule has 0 atom stereocenters. The third-order valence-corrected chi connectivity index (χ3v) is 3.77. The summed E-state index contributed by atoms with van der Waals surface area (Å²) in [5.74, 6) is -0.335. The van der Waals surface area contributed by atoms with E-state index in [4.69, 9.17) is 0 Å². The first-order chi connectivity index (χ1) is 8.69. The largest absolute Gasteiger partial charge is 0.288 e. The summed E-state index contributed by atoms with van der Waals surface area (Å²) in [6.45, 7) is 2.06. The minimum Gasteiger partial charge on any atom is -0.288 e. The van der Waals surface area contributed by atoms with Crippen molar-refractivity contribution in [2.45, 2.75) is 13.3 Å². The molecule has 0 aliphatic rings. The zero-order valence-electron chi connectivity index (χ0n) is 10.0. The smallest absolute Gasteiger partial charge is 0.195 e. The van der Waals surface area contributed by atoms with Crippen LogP contribution in [0.5, 0.6) is 0 Å². The van der Waals surface area contributed by atoms with Crippen molar-refractivity contribution in [1.82, 2.24) is 0 Å². The number of thiophene rings is 1. The average Bonchev–Trinajstić information content (AvgIpc) is 2.85. The third kappa shape index (κ3) is 3.14. The van der Waals surface area contributed by atoms with Crippen molar-refractivity contribution in [2.24, 2.45) is 0 Å². The molecule has 18 heavy (non-hydrogen) atoms. The summed E-state index contributed by atoms with van der Waals surface area (Å²) in [7, 11) is 0. The first-order valence-corrected chi connectivity index (χ1v) is 6.57. The highest BCUT2D eigenvalue weighted by Gasteiger charge is 2.05. The molecule has 0 N–H and O–H groups in total. The lowest BCUT2D eigenvalue weighted by molar-refractivity contribution is 0.105. The van der Waals surface area contributed by atoms with Gasteiger partial charge in [0.25, 0.3) is 0 Å². The van der Waals surface area contributed by atoms with Gasteiger partial charge in [-0.25, -0.2) is 4.39 Å². The fourth-order valence-corrected chi connectivity index (χ4v) is 2.43. The zero-order chi connectivity index (χ0) is 13.0. The number of hydrogen-bond donors (Lipinski definition) is 0. The van der Waals surface area contributed by atoms with Crippen LogP contribution in [0.3, 0.4) is 0 Å². The molecule has 1 heterocycles. The van der Waals surface area contributed by atoms with Crippen LogP contribution in [0.15, 0.2) is 42.5 Å². The molecular weight excluding hydrogens is 247 g/mol. The van der Waals surface area contributed by atoms with Crippen LogP contribution < -0.4 is 0 Å². The second-order valence-electron chi connectivity index (χ2n) is 3.87. The Morgan fingerprint density at radius 3 is 2.83 bits per heavy atom.